The van der Waals surface area contributed by atoms with E-state index in [4.69, 9.17) is 0 Å². The number of rotatable bonds is 5. The molecule has 1 aromatic rings. The largest absolute Gasteiger partial charge is 0.392 e. The number of sulfonamides is 1. The van der Waals surface area contributed by atoms with Crippen molar-refractivity contribution in [2.75, 3.05) is 25.0 Å². The fourth-order valence-electron chi connectivity index (χ4n) is 2.18. The van der Waals surface area contributed by atoms with Gasteiger partial charge in [-0.1, -0.05) is 11.3 Å². The molecule has 2 rings (SSSR count). The van der Waals surface area contributed by atoms with Crippen LogP contribution in [-0.4, -0.2) is 48.5 Å². The van der Waals surface area contributed by atoms with Crippen molar-refractivity contribution in [3.63, 3.8) is 0 Å². The maximum atomic E-state index is 12.5. The topological polar surface area (TPSA) is 113 Å². The molecule has 1 unspecified atom stereocenters. The van der Waals surface area contributed by atoms with Crippen LogP contribution >= 0.6 is 11.3 Å². The van der Waals surface area contributed by atoms with E-state index in [2.05, 4.69) is 5.32 Å². The van der Waals surface area contributed by atoms with E-state index >= 15 is 0 Å². The highest BCUT2D eigenvalue weighted by atomic mass is 32.2. The molecule has 1 saturated heterocycles. The van der Waals surface area contributed by atoms with E-state index < -0.39 is 21.1 Å². The Labute approximate surface area is 126 Å². The van der Waals surface area contributed by atoms with Crippen molar-refractivity contribution in [3.8, 4) is 0 Å². The summed E-state index contributed by atoms with van der Waals surface area (Å²) >= 11 is 0.850. The Morgan fingerprint density at radius 1 is 1.62 bits per heavy atom. The number of aliphatic hydroxyl groups excluding tert-OH is 1. The van der Waals surface area contributed by atoms with Crippen molar-refractivity contribution in [2.45, 2.75) is 30.1 Å². The van der Waals surface area contributed by atoms with E-state index in [1.807, 2.05) is 0 Å². The number of nitrogens with zero attached hydrogens (tertiary/aromatic N) is 2. The first-order chi connectivity index (χ1) is 9.86. The molecule has 1 aromatic heterocycles. The molecule has 1 aliphatic rings. The number of nitrogens with one attached hydrogen (secondary N) is 1. The number of nitro groups is 1. The highest BCUT2D eigenvalue weighted by Crippen LogP contribution is 2.38. The van der Waals surface area contributed by atoms with Crippen molar-refractivity contribution < 1.29 is 18.4 Å². The lowest BCUT2D eigenvalue weighted by atomic mass is 10.1. The third-order valence-corrected chi connectivity index (χ3v) is 6.57. The standard InChI is InChI=1S/C11H17N3O5S2/c1-2-12-11-9(14(16)17)6-10(20-11)21(18,19)13-5-3-4-8(15)7-13/h6,8,12,15H,2-5,7H2,1H3. The van der Waals surface area contributed by atoms with Gasteiger partial charge in [-0.15, -0.1) is 0 Å². The maximum absolute atomic E-state index is 12.5. The maximum Gasteiger partial charge on any atom is 0.304 e. The van der Waals surface area contributed by atoms with Crippen LogP contribution in [0, 0.1) is 10.1 Å². The van der Waals surface area contributed by atoms with Crippen LogP contribution in [0.4, 0.5) is 10.7 Å². The minimum Gasteiger partial charge on any atom is -0.392 e. The summed E-state index contributed by atoms with van der Waals surface area (Å²) in [6.45, 7) is 2.59. The first-order valence-corrected chi connectivity index (χ1v) is 8.82. The van der Waals surface area contributed by atoms with Gasteiger partial charge in [-0.05, 0) is 19.8 Å². The first kappa shape index (κ1) is 16.1. The molecular weight excluding hydrogens is 318 g/mol. The number of anilines is 1. The Balaban J connectivity index is 2.35. The lowest BCUT2D eigenvalue weighted by Crippen LogP contribution is -2.41. The Morgan fingerprint density at radius 2 is 2.33 bits per heavy atom. The van der Waals surface area contributed by atoms with Crippen molar-refractivity contribution in [1.29, 1.82) is 0 Å². The van der Waals surface area contributed by atoms with Crippen LogP contribution in [0.5, 0.6) is 0 Å². The molecule has 0 amide bonds. The molecule has 21 heavy (non-hydrogen) atoms. The summed E-state index contributed by atoms with van der Waals surface area (Å²) in [6, 6.07) is 1.08. The molecule has 0 bridgehead atoms. The predicted octanol–water partition coefficient (Wildman–Crippen LogP) is 1.23. The molecule has 1 fully saturated rings. The molecule has 0 saturated carbocycles. The molecule has 118 valence electrons. The number of thiophene rings is 1. The van der Waals surface area contributed by atoms with Crippen molar-refractivity contribution in [2.24, 2.45) is 0 Å². The minimum absolute atomic E-state index is 0.0323. The number of β-amino-alcohol motifs (C(OH)–C–C–N with tert-alkyl or cyclic N) is 1. The van der Waals surface area contributed by atoms with Gasteiger partial charge in [0, 0.05) is 25.7 Å². The van der Waals surface area contributed by atoms with Gasteiger partial charge in [0.2, 0.25) is 0 Å². The van der Waals surface area contributed by atoms with Crippen molar-refractivity contribution >= 4 is 32.0 Å². The summed E-state index contributed by atoms with van der Waals surface area (Å²) in [7, 11) is -3.80. The van der Waals surface area contributed by atoms with E-state index in [0.717, 1.165) is 17.4 Å². The van der Waals surface area contributed by atoms with Crippen LogP contribution in [0.25, 0.3) is 0 Å². The molecule has 10 heteroatoms. The fraction of sp³-hybridized carbons (Fsp3) is 0.636. The second-order valence-corrected chi connectivity index (χ2v) is 7.94. The zero-order valence-corrected chi connectivity index (χ0v) is 13.1. The van der Waals surface area contributed by atoms with Gasteiger partial charge in [-0.2, -0.15) is 4.31 Å². The van der Waals surface area contributed by atoms with Crippen LogP contribution in [0.1, 0.15) is 19.8 Å². The molecule has 0 aromatic carbocycles. The summed E-state index contributed by atoms with van der Waals surface area (Å²) in [5, 5.41) is 23.6. The number of piperidine rings is 1. The van der Waals surface area contributed by atoms with Crippen LogP contribution < -0.4 is 5.32 Å². The predicted molar refractivity (Wildman–Crippen MR) is 79.1 cm³/mol. The Morgan fingerprint density at radius 3 is 2.90 bits per heavy atom. The molecule has 0 aliphatic carbocycles. The van der Waals surface area contributed by atoms with Crippen molar-refractivity contribution in [1.82, 2.24) is 4.31 Å². The van der Waals surface area contributed by atoms with Gasteiger partial charge in [0.25, 0.3) is 10.0 Å². The van der Waals surface area contributed by atoms with E-state index in [1.54, 1.807) is 6.92 Å². The molecule has 0 spiro atoms. The lowest BCUT2D eigenvalue weighted by Gasteiger charge is -2.28. The summed E-state index contributed by atoms with van der Waals surface area (Å²) in [5.41, 5.74) is -0.238. The average molecular weight is 335 g/mol. The highest BCUT2D eigenvalue weighted by molar-refractivity contribution is 7.91. The fourth-order valence-corrected chi connectivity index (χ4v) is 5.24. The Kier molecular flexibility index (Phi) is 4.81. The van der Waals surface area contributed by atoms with Gasteiger partial charge >= 0.3 is 5.69 Å². The molecule has 0 radical (unpaired) electrons. The van der Waals surface area contributed by atoms with Gasteiger partial charge in [-0.3, -0.25) is 10.1 Å². The summed E-state index contributed by atoms with van der Waals surface area (Å²) < 4.78 is 26.1. The van der Waals surface area contributed by atoms with Gasteiger partial charge in [0.1, 0.15) is 4.21 Å². The monoisotopic (exact) mass is 335 g/mol. The molecule has 1 aliphatic heterocycles. The van der Waals surface area contributed by atoms with E-state index in [-0.39, 0.29) is 21.4 Å². The van der Waals surface area contributed by atoms with E-state index in [1.165, 1.54) is 4.31 Å². The van der Waals surface area contributed by atoms with Crippen LogP contribution in [0.2, 0.25) is 0 Å². The Hall–Kier alpha value is -1.23. The van der Waals surface area contributed by atoms with Crippen LogP contribution in [0.15, 0.2) is 10.3 Å². The smallest absolute Gasteiger partial charge is 0.304 e. The first-order valence-electron chi connectivity index (χ1n) is 6.56. The molecule has 8 nitrogen and oxygen atoms in total. The molecule has 1 atom stereocenters. The van der Waals surface area contributed by atoms with Gasteiger partial charge in [0.05, 0.1) is 11.0 Å². The lowest BCUT2D eigenvalue weighted by molar-refractivity contribution is -0.383. The number of hydrogen-bond acceptors (Lipinski definition) is 7. The zero-order valence-electron chi connectivity index (χ0n) is 11.5. The summed E-state index contributed by atoms with van der Waals surface area (Å²) in [4.78, 5) is 10.4. The normalized spacial score (nSPS) is 20.4. The summed E-state index contributed by atoms with van der Waals surface area (Å²) in [6.07, 6.45) is 0.462. The second kappa shape index (κ2) is 6.26. The second-order valence-electron chi connectivity index (χ2n) is 4.73. The number of aliphatic hydroxyl groups is 1. The van der Waals surface area contributed by atoms with Gasteiger partial charge < -0.3 is 10.4 Å². The quantitative estimate of drug-likeness (QED) is 0.618. The van der Waals surface area contributed by atoms with Gasteiger partial charge in [0.15, 0.2) is 5.00 Å². The van der Waals surface area contributed by atoms with Gasteiger partial charge in [-0.25, -0.2) is 8.42 Å². The van der Waals surface area contributed by atoms with Crippen LogP contribution in [0.3, 0.4) is 0 Å². The SMILES string of the molecule is CCNc1sc(S(=O)(=O)N2CCCC(O)C2)cc1[N+](=O)[O-]. The van der Waals surface area contributed by atoms with Crippen molar-refractivity contribution in [3.05, 3.63) is 16.2 Å². The molecule has 2 N–H and O–H groups in total. The number of hydrogen-bond donors (Lipinski definition) is 2. The zero-order chi connectivity index (χ0) is 15.6. The van der Waals surface area contributed by atoms with Crippen LogP contribution in [-0.2, 0) is 10.0 Å². The molecule has 2 heterocycles. The van der Waals surface area contributed by atoms with E-state index in [9.17, 15) is 23.6 Å². The minimum atomic E-state index is -3.80. The Bertz CT molecular complexity index is 628. The molecular formula is C11H17N3O5S2. The highest BCUT2D eigenvalue weighted by Gasteiger charge is 2.33. The van der Waals surface area contributed by atoms with E-state index in [0.29, 0.717) is 25.9 Å². The summed E-state index contributed by atoms with van der Waals surface area (Å²) in [5.74, 6) is 0. The third kappa shape index (κ3) is 3.34. The average Bonchev–Trinajstić information content (AvgIpc) is 2.84. The third-order valence-electron chi connectivity index (χ3n) is 3.18.